The van der Waals surface area contributed by atoms with Gasteiger partial charge in [0.15, 0.2) is 16.6 Å². The van der Waals surface area contributed by atoms with Crippen LogP contribution in [0.4, 0.5) is 5.13 Å². The van der Waals surface area contributed by atoms with Crippen molar-refractivity contribution in [3.05, 3.63) is 53.9 Å². The molecule has 7 nitrogen and oxygen atoms in total. The highest BCUT2D eigenvalue weighted by molar-refractivity contribution is 7.89. The highest BCUT2D eigenvalue weighted by Gasteiger charge is 2.27. The Morgan fingerprint density at radius 1 is 1.00 bits per heavy atom. The first-order valence-electron chi connectivity index (χ1n) is 10.3. The molecule has 0 saturated carbocycles. The topological polar surface area (TPSA) is 80.8 Å². The number of hydrogen-bond acceptors (Lipinski definition) is 7. The molecule has 162 valence electrons. The van der Waals surface area contributed by atoms with E-state index >= 15 is 0 Å². The van der Waals surface area contributed by atoms with Gasteiger partial charge in [-0.3, -0.25) is 0 Å². The van der Waals surface area contributed by atoms with Gasteiger partial charge in [-0.25, -0.2) is 18.1 Å². The highest BCUT2D eigenvalue weighted by Crippen LogP contribution is 2.33. The van der Waals surface area contributed by atoms with Crippen molar-refractivity contribution < 1.29 is 17.9 Å². The minimum atomic E-state index is -3.62. The van der Waals surface area contributed by atoms with E-state index in [1.165, 1.54) is 6.07 Å². The molecule has 9 heteroatoms. The second-order valence-electron chi connectivity index (χ2n) is 7.57. The van der Waals surface area contributed by atoms with Gasteiger partial charge in [0.25, 0.3) is 0 Å². The maximum absolute atomic E-state index is 12.9. The largest absolute Gasteiger partial charge is 0.486 e. The van der Waals surface area contributed by atoms with Gasteiger partial charge in [-0.2, -0.15) is 0 Å². The lowest BCUT2D eigenvalue weighted by Gasteiger charge is -2.32. The van der Waals surface area contributed by atoms with Gasteiger partial charge in [0, 0.05) is 36.1 Å². The number of benzene rings is 2. The maximum Gasteiger partial charge on any atom is 0.240 e. The molecule has 0 radical (unpaired) electrons. The van der Waals surface area contributed by atoms with Crippen molar-refractivity contribution >= 4 is 26.5 Å². The number of anilines is 1. The molecule has 2 aliphatic rings. The second-order valence-corrected chi connectivity index (χ2v) is 10.1. The Hall–Kier alpha value is -2.62. The standard InChI is InChI=1S/C22H23N3O4S2/c26-31(27,18-6-7-20-21(14-18)29-13-12-28-20)24-17-8-10-25(11-9-17)22-23-19(15-30-22)16-4-2-1-3-5-16/h1-7,14-15,17,24H,8-13H2. The zero-order valence-corrected chi connectivity index (χ0v) is 18.5. The molecular weight excluding hydrogens is 434 g/mol. The van der Waals surface area contributed by atoms with Crippen LogP contribution in [0.25, 0.3) is 11.3 Å². The Balaban J connectivity index is 1.21. The van der Waals surface area contributed by atoms with Crippen LogP contribution in [0.3, 0.4) is 0 Å². The first kappa shape index (κ1) is 20.3. The molecule has 0 spiro atoms. The summed E-state index contributed by atoms with van der Waals surface area (Å²) >= 11 is 1.63. The van der Waals surface area contributed by atoms with Gasteiger partial charge in [-0.05, 0) is 25.0 Å². The summed E-state index contributed by atoms with van der Waals surface area (Å²) in [7, 11) is -3.62. The van der Waals surface area contributed by atoms with E-state index in [9.17, 15) is 8.42 Å². The van der Waals surface area contributed by atoms with E-state index in [0.717, 1.165) is 42.3 Å². The average molecular weight is 458 g/mol. The van der Waals surface area contributed by atoms with Crippen molar-refractivity contribution in [2.45, 2.75) is 23.8 Å². The predicted octanol–water partition coefficient (Wildman–Crippen LogP) is 3.53. The lowest BCUT2D eigenvalue weighted by molar-refractivity contribution is 0.171. The minimum absolute atomic E-state index is 0.108. The van der Waals surface area contributed by atoms with Gasteiger partial charge in [-0.15, -0.1) is 11.3 Å². The number of thiazole rings is 1. The van der Waals surface area contributed by atoms with Crippen molar-refractivity contribution in [3.8, 4) is 22.8 Å². The lowest BCUT2D eigenvalue weighted by atomic mass is 10.1. The van der Waals surface area contributed by atoms with Gasteiger partial charge in [0.2, 0.25) is 10.0 Å². The molecule has 0 atom stereocenters. The maximum atomic E-state index is 12.9. The van der Waals surface area contributed by atoms with Crippen molar-refractivity contribution in [2.24, 2.45) is 0 Å². The van der Waals surface area contributed by atoms with Crippen LogP contribution in [0, 0.1) is 0 Å². The Morgan fingerprint density at radius 2 is 1.74 bits per heavy atom. The summed E-state index contributed by atoms with van der Waals surface area (Å²) in [6.07, 6.45) is 1.45. The molecule has 31 heavy (non-hydrogen) atoms. The summed E-state index contributed by atoms with van der Waals surface area (Å²) < 4.78 is 39.6. The second kappa shape index (κ2) is 8.49. The first-order chi connectivity index (χ1) is 15.1. The zero-order valence-electron chi connectivity index (χ0n) is 16.9. The SMILES string of the molecule is O=S(=O)(NC1CCN(c2nc(-c3ccccc3)cs2)CC1)c1ccc2c(c1)OCCO2. The number of sulfonamides is 1. The third-order valence-electron chi connectivity index (χ3n) is 5.47. The molecule has 0 unspecified atom stereocenters. The highest BCUT2D eigenvalue weighted by atomic mass is 32.2. The molecular formula is C22H23N3O4S2. The van der Waals surface area contributed by atoms with Gasteiger partial charge < -0.3 is 14.4 Å². The third-order valence-corrected chi connectivity index (χ3v) is 7.89. The smallest absolute Gasteiger partial charge is 0.240 e. The fraction of sp³-hybridized carbons (Fsp3) is 0.318. The lowest BCUT2D eigenvalue weighted by Crippen LogP contribution is -2.44. The molecule has 1 fully saturated rings. The number of ether oxygens (including phenoxy) is 2. The Morgan fingerprint density at radius 3 is 2.52 bits per heavy atom. The normalized spacial score (nSPS) is 17.0. The van der Waals surface area contributed by atoms with Crippen LogP contribution in [0.15, 0.2) is 58.8 Å². The number of fused-ring (bicyclic) bond motifs is 1. The first-order valence-corrected chi connectivity index (χ1v) is 12.6. The van der Waals surface area contributed by atoms with Crippen molar-refractivity contribution in [2.75, 3.05) is 31.2 Å². The van der Waals surface area contributed by atoms with Crippen LogP contribution in [-0.2, 0) is 10.0 Å². The van der Waals surface area contributed by atoms with Crippen LogP contribution < -0.4 is 19.1 Å². The summed E-state index contributed by atoms with van der Waals surface area (Å²) in [4.78, 5) is 7.20. The summed E-state index contributed by atoms with van der Waals surface area (Å²) in [5.74, 6) is 1.05. The molecule has 0 amide bonds. The van der Waals surface area contributed by atoms with Gasteiger partial charge in [0.1, 0.15) is 13.2 Å². The fourth-order valence-electron chi connectivity index (χ4n) is 3.82. The van der Waals surface area contributed by atoms with Crippen LogP contribution in [0.1, 0.15) is 12.8 Å². The summed E-state index contributed by atoms with van der Waals surface area (Å²) in [6.45, 7) is 2.42. The molecule has 5 rings (SSSR count). The Labute approximate surface area is 185 Å². The van der Waals surface area contributed by atoms with Gasteiger partial charge in [-0.1, -0.05) is 30.3 Å². The molecule has 2 aromatic carbocycles. The minimum Gasteiger partial charge on any atom is -0.486 e. The van der Waals surface area contributed by atoms with Gasteiger partial charge in [0.05, 0.1) is 10.6 Å². The van der Waals surface area contributed by atoms with Crippen LogP contribution >= 0.6 is 11.3 Å². The molecule has 0 bridgehead atoms. The van der Waals surface area contributed by atoms with Crippen molar-refractivity contribution in [1.82, 2.24) is 9.71 Å². The molecule has 3 heterocycles. The third kappa shape index (κ3) is 4.39. The van der Waals surface area contributed by atoms with Crippen LogP contribution in [0.2, 0.25) is 0 Å². The Bertz CT molecular complexity index is 1160. The van der Waals surface area contributed by atoms with E-state index in [0.29, 0.717) is 24.7 Å². The quantitative estimate of drug-likeness (QED) is 0.631. The van der Waals surface area contributed by atoms with E-state index in [1.54, 1.807) is 23.5 Å². The molecule has 1 aromatic heterocycles. The Kier molecular flexibility index (Phi) is 5.56. The molecule has 2 aliphatic heterocycles. The molecule has 1 saturated heterocycles. The number of nitrogens with one attached hydrogen (secondary N) is 1. The predicted molar refractivity (Wildman–Crippen MR) is 121 cm³/mol. The van der Waals surface area contributed by atoms with Crippen LogP contribution in [0.5, 0.6) is 11.5 Å². The zero-order chi connectivity index (χ0) is 21.3. The number of piperidine rings is 1. The monoisotopic (exact) mass is 457 g/mol. The van der Waals surface area contributed by atoms with E-state index in [2.05, 4.69) is 27.1 Å². The fourth-order valence-corrected chi connectivity index (χ4v) is 6.03. The van der Waals surface area contributed by atoms with Crippen molar-refractivity contribution in [3.63, 3.8) is 0 Å². The number of rotatable bonds is 5. The number of aromatic nitrogens is 1. The molecule has 0 aliphatic carbocycles. The number of hydrogen-bond donors (Lipinski definition) is 1. The molecule has 1 N–H and O–H groups in total. The van der Waals surface area contributed by atoms with Crippen LogP contribution in [-0.4, -0.2) is 45.7 Å². The van der Waals surface area contributed by atoms with E-state index < -0.39 is 10.0 Å². The summed E-state index contributed by atoms with van der Waals surface area (Å²) in [5, 5.41) is 3.05. The number of nitrogens with zero attached hydrogens (tertiary/aromatic N) is 2. The van der Waals surface area contributed by atoms with E-state index in [1.807, 2.05) is 18.2 Å². The van der Waals surface area contributed by atoms with Crippen molar-refractivity contribution in [1.29, 1.82) is 0 Å². The summed E-state index contributed by atoms with van der Waals surface area (Å²) in [5.41, 5.74) is 2.08. The average Bonchev–Trinajstić information content (AvgIpc) is 3.30. The van der Waals surface area contributed by atoms with Gasteiger partial charge >= 0.3 is 0 Å². The molecule has 3 aromatic rings. The van der Waals surface area contributed by atoms with E-state index in [-0.39, 0.29) is 10.9 Å². The summed E-state index contributed by atoms with van der Waals surface area (Å²) in [6, 6.07) is 14.8. The van der Waals surface area contributed by atoms with E-state index in [4.69, 9.17) is 14.5 Å².